The monoisotopic (exact) mass is 474 g/mol. The van der Waals surface area contributed by atoms with E-state index in [4.69, 9.17) is 4.74 Å². The van der Waals surface area contributed by atoms with E-state index in [1.165, 1.54) is 24.3 Å². The third kappa shape index (κ3) is 6.07. The number of halogens is 1. The number of hydrogen-bond acceptors (Lipinski definition) is 4. The zero-order valence-electron chi connectivity index (χ0n) is 15.6. The molecule has 0 aromatic heterocycles. The van der Waals surface area contributed by atoms with Gasteiger partial charge in [-0.2, -0.15) is 0 Å². The van der Waals surface area contributed by atoms with E-state index in [1.54, 1.807) is 30.3 Å². The van der Waals surface area contributed by atoms with Crippen LogP contribution in [0.15, 0.2) is 82.2 Å². The van der Waals surface area contributed by atoms with Gasteiger partial charge in [0.25, 0.3) is 15.9 Å². The van der Waals surface area contributed by atoms with E-state index in [2.05, 4.69) is 26.0 Å². The third-order valence-electron chi connectivity index (χ3n) is 3.90. The highest BCUT2D eigenvalue weighted by Gasteiger charge is 2.14. The minimum atomic E-state index is -3.72. The van der Waals surface area contributed by atoms with Crippen LogP contribution in [-0.2, 0) is 14.8 Å². The molecule has 3 aromatic carbocycles. The summed E-state index contributed by atoms with van der Waals surface area (Å²) in [7, 11) is -3.72. The van der Waals surface area contributed by atoms with E-state index < -0.39 is 10.0 Å². The van der Waals surface area contributed by atoms with Gasteiger partial charge in [0.1, 0.15) is 5.75 Å². The molecule has 2 N–H and O–H groups in total. The highest BCUT2D eigenvalue weighted by Crippen LogP contribution is 2.21. The SMILES string of the molecule is Cc1cccc(NC(=O)COc2ccc(S(=O)(=O)Nc3ccc(Br)cc3)cc2)c1. The first-order valence-electron chi connectivity index (χ1n) is 8.70. The molecule has 150 valence electrons. The van der Waals surface area contributed by atoms with Crippen LogP contribution in [0.1, 0.15) is 5.56 Å². The van der Waals surface area contributed by atoms with Crippen molar-refractivity contribution in [2.75, 3.05) is 16.6 Å². The number of carbonyl (C=O) groups excluding carboxylic acids is 1. The molecular weight excluding hydrogens is 456 g/mol. The number of anilines is 2. The second-order valence-electron chi connectivity index (χ2n) is 6.29. The van der Waals surface area contributed by atoms with Gasteiger partial charge < -0.3 is 10.1 Å². The molecule has 0 spiro atoms. The van der Waals surface area contributed by atoms with Crippen LogP contribution in [0.3, 0.4) is 0 Å². The van der Waals surface area contributed by atoms with Gasteiger partial charge in [0.2, 0.25) is 0 Å². The molecule has 0 atom stereocenters. The van der Waals surface area contributed by atoms with Gasteiger partial charge in [-0.05, 0) is 73.2 Å². The average molecular weight is 475 g/mol. The first kappa shape index (κ1) is 20.9. The lowest BCUT2D eigenvalue weighted by Crippen LogP contribution is -2.20. The van der Waals surface area contributed by atoms with E-state index in [0.717, 1.165) is 10.0 Å². The zero-order chi connectivity index (χ0) is 20.9. The Hall–Kier alpha value is -2.84. The maximum Gasteiger partial charge on any atom is 0.262 e. The van der Waals surface area contributed by atoms with Crippen molar-refractivity contribution in [3.63, 3.8) is 0 Å². The minimum absolute atomic E-state index is 0.0944. The van der Waals surface area contributed by atoms with Crippen LogP contribution < -0.4 is 14.8 Å². The van der Waals surface area contributed by atoms with Crippen molar-refractivity contribution in [3.8, 4) is 5.75 Å². The number of hydrogen-bond donors (Lipinski definition) is 2. The minimum Gasteiger partial charge on any atom is -0.484 e. The Bertz CT molecular complexity index is 1100. The first-order chi connectivity index (χ1) is 13.8. The number of rotatable bonds is 7. The maximum atomic E-state index is 12.5. The molecule has 8 heteroatoms. The largest absolute Gasteiger partial charge is 0.484 e. The van der Waals surface area contributed by atoms with Crippen LogP contribution in [0.4, 0.5) is 11.4 Å². The molecule has 3 rings (SSSR count). The molecule has 0 bridgehead atoms. The van der Waals surface area contributed by atoms with Crippen molar-refractivity contribution in [2.45, 2.75) is 11.8 Å². The van der Waals surface area contributed by atoms with Gasteiger partial charge in [0, 0.05) is 15.8 Å². The Kier molecular flexibility index (Phi) is 6.56. The molecular formula is C21H19BrN2O4S. The highest BCUT2D eigenvalue weighted by molar-refractivity contribution is 9.10. The number of carbonyl (C=O) groups is 1. The van der Waals surface area contributed by atoms with Crippen LogP contribution in [0.2, 0.25) is 0 Å². The van der Waals surface area contributed by atoms with E-state index in [-0.39, 0.29) is 17.4 Å². The number of ether oxygens (including phenoxy) is 1. The Morgan fingerprint density at radius 3 is 2.31 bits per heavy atom. The van der Waals surface area contributed by atoms with Crippen LogP contribution in [-0.4, -0.2) is 20.9 Å². The van der Waals surface area contributed by atoms with Crippen molar-refractivity contribution in [1.82, 2.24) is 0 Å². The number of sulfonamides is 1. The summed E-state index contributed by atoms with van der Waals surface area (Å²) in [5.41, 5.74) is 2.19. The van der Waals surface area contributed by atoms with Gasteiger partial charge in [-0.15, -0.1) is 0 Å². The number of nitrogens with one attached hydrogen (secondary N) is 2. The molecule has 0 heterocycles. The molecule has 3 aromatic rings. The summed E-state index contributed by atoms with van der Waals surface area (Å²) in [6, 6.07) is 20.1. The van der Waals surface area contributed by atoms with Gasteiger partial charge in [0.05, 0.1) is 4.90 Å². The molecule has 1 amide bonds. The van der Waals surface area contributed by atoms with Crippen molar-refractivity contribution < 1.29 is 17.9 Å². The van der Waals surface area contributed by atoms with Crippen LogP contribution in [0, 0.1) is 6.92 Å². The predicted octanol–water partition coefficient (Wildman–Crippen LogP) is 4.58. The van der Waals surface area contributed by atoms with Crippen molar-refractivity contribution in [2.24, 2.45) is 0 Å². The molecule has 0 fully saturated rings. The first-order valence-corrected chi connectivity index (χ1v) is 11.0. The lowest BCUT2D eigenvalue weighted by molar-refractivity contribution is -0.118. The molecule has 0 radical (unpaired) electrons. The van der Waals surface area contributed by atoms with E-state index >= 15 is 0 Å². The molecule has 29 heavy (non-hydrogen) atoms. The quantitative estimate of drug-likeness (QED) is 0.524. The Morgan fingerprint density at radius 2 is 1.66 bits per heavy atom. The molecule has 6 nitrogen and oxygen atoms in total. The standard InChI is InChI=1S/C21H19BrN2O4S/c1-15-3-2-4-18(13-15)23-21(25)14-28-19-9-11-20(12-10-19)29(26,27)24-17-7-5-16(22)6-8-17/h2-13,24H,14H2,1H3,(H,23,25). The summed E-state index contributed by atoms with van der Waals surface area (Å²) in [5.74, 6) is 0.0937. The van der Waals surface area contributed by atoms with Gasteiger partial charge in [-0.3, -0.25) is 9.52 Å². The highest BCUT2D eigenvalue weighted by atomic mass is 79.9. The van der Waals surface area contributed by atoms with Gasteiger partial charge in [-0.25, -0.2) is 8.42 Å². The number of aryl methyl sites for hydroxylation is 1. The Labute approximate surface area is 178 Å². The summed E-state index contributed by atoms with van der Waals surface area (Å²) in [4.78, 5) is 12.1. The van der Waals surface area contributed by atoms with Crippen molar-refractivity contribution >= 4 is 43.2 Å². The molecule has 0 saturated carbocycles. The van der Waals surface area contributed by atoms with Crippen LogP contribution in [0.5, 0.6) is 5.75 Å². The third-order valence-corrected chi connectivity index (χ3v) is 5.83. The zero-order valence-corrected chi connectivity index (χ0v) is 18.0. The van der Waals surface area contributed by atoms with E-state index in [9.17, 15) is 13.2 Å². The smallest absolute Gasteiger partial charge is 0.262 e. The molecule has 0 aliphatic rings. The predicted molar refractivity (Wildman–Crippen MR) is 117 cm³/mol. The van der Waals surface area contributed by atoms with Crippen molar-refractivity contribution in [3.05, 3.63) is 82.8 Å². The fourth-order valence-electron chi connectivity index (χ4n) is 2.52. The lowest BCUT2D eigenvalue weighted by atomic mass is 10.2. The van der Waals surface area contributed by atoms with Crippen molar-refractivity contribution in [1.29, 1.82) is 0 Å². The Morgan fingerprint density at radius 1 is 0.966 bits per heavy atom. The summed E-state index contributed by atoms with van der Waals surface area (Å²) in [6.45, 7) is 1.75. The van der Waals surface area contributed by atoms with Crippen LogP contribution in [0.25, 0.3) is 0 Å². The van der Waals surface area contributed by atoms with Gasteiger partial charge in [0.15, 0.2) is 6.61 Å². The molecule has 0 aliphatic carbocycles. The molecule has 0 saturated heterocycles. The molecule has 0 unspecified atom stereocenters. The second kappa shape index (κ2) is 9.11. The fraction of sp³-hybridized carbons (Fsp3) is 0.0952. The van der Waals surface area contributed by atoms with Gasteiger partial charge >= 0.3 is 0 Å². The average Bonchev–Trinajstić information content (AvgIpc) is 2.68. The summed E-state index contributed by atoms with van der Waals surface area (Å²) in [5, 5.41) is 2.75. The lowest BCUT2D eigenvalue weighted by Gasteiger charge is -2.10. The second-order valence-corrected chi connectivity index (χ2v) is 8.89. The van der Waals surface area contributed by atoms with Crippen LogP contribution >= 0.6 is 15.9 Å². The summed E-state index contributed by atoms with van der Waals surface area (Å²) >= 11 is 3.30. The summed E-state index contributed by atoms with van der Waals surface area (Å²) < 4.78 is 33.7. The number of benzene rings is 3. The normalized spacial score (nSPS) is 11.0. The molecule has 0 aliphatic heterocycles. The number of amides is 1. The van der Waals surface area contributed by atoms with E-state index in [1.807, 2.05) is 25.1 Å². The topological polar surface area (TPSA) is 84.5 Å². The van der Waals surface area contributed by atoms with E-state index in [0.29, 0.717) is 17.1 Å². The maximum absolute atomic E-state index is 12.5. The van der Waals surface area contributed by atoms with Gasteiger partial charge in [-0.1, -0.05) is 28.1 Å². The summed E-state index contributed by atoms with van der Waals surface area (Å²) in [6.07, 6.45) is 0. The Balaban J connectivity index is 1.58. The fourth-order valence-corrected chi connectivity index (χ4v) is 3.84.